The van der Waals surface area contributed by atoms with Crippen molar-refractivity contribution >= 4 is 17.5 Å². The fraction of sp³-hybridized carbons (Fsp3) is 0.417. The van der Waals surface area contributed by atoms with Crippen molar-refractivity contribution in [3.8, 4) is 0 Å². The number of hydrogen-bond acceptors (Lipinski definition) is 2. The molecule has 88 valence electrons. The number of aliphatic hydroxyl groups is 1. The van der Waals surface area contributed by atoms with Gasteiger partial charge in [-0.05, 0) is 36.6 Å². The molecule has 1 atom stereocenters. The summed E-state index contributed by atoms with van der Waals surface area (Å²) in [6.45, 7) is 4.25. The van der Waals surface area contributed by atoms with E-state index in [1.807, 2.05) is 13.8 Å². The van der Waals surface area contributed by atoms with Gasteiger partial charge in [0.15, 0.2) is 0 Å². The molecule has 1 aromatic rings. The number of amides is 1. The number of carbonyl (C=O) groups excluding carboxylic acids is 1. The van der Waals surface area contributed by atoms with Crippen LogP contribution in [0.1, 0.15) is 22.8 Å². The zero-order valence-electron chi connectivity index (χ0n) is 9.46. The van der Waals surface area contributed by atoms with Crippen molar-refractivity contribution < 1.29 is 9.90 Å². The van der Waals surface area contributed by atoms with Crippen LogP contribution in [0.15, 0.2) is 18.2 Å². The molecule has 0 aliphatic carbocycles. The Hall–Kier alpha value is -1.06. The Morgan fingerprint density at radius 2 is 2.25 bits per heavy atom. The van der Waals surface area contributed by atoms with Gasteiger partial charge in [-0.2, -0.15) is 0 Å². The quantitative estimate of drug-likeness (QED) is 0.847. The van der Waals surface area contributed by atoms with Crippen LogP contribution in [0.5, 0.6) is 0 Å². The first-order valence-electron chi connectivity index (χ1n) is 5.19. The lowest BCUT2D eigenvalue weighted by atomic mass is 10.1. The summed E-state index contributed by atoms with van der Waals surface area (Å²) in [5.74, 6) is -0.0639. The fourth-order valence-corrected chi connectivity index (χ4v) is 1.54. The number of rotatable bonds is 4. The molecule has 1 unspecified atom stereocenters. The minimum atomic E-state index is -0.130. The second-order valence-corrected chi connectivity index (χ2v) is 4.39. The maximum atomic E-state index is 11.8. The summed E-state index contributed by atoms with van der Waals surface area (Å²) >= 11 is 5.81. The van der Waals surface area contributed by atoms with Gasteiger partial charge in [0.25, 0.3) is 5.91 Å². The van der Waals surface area contributed by atoms with E-state index >= 15 is 0 Å². The molecule has 0 aromatic heterocycles. The Kier molecular flexibility index (Phi) is 4.77. The van der Waals surface area contributed by atoms with E-state index in [0.29, 0.717) is 17.1 Å². The maximum Gasteiger partial charge on any atom is 0.251 e. The molecule has 16 heavy (non-hydrogen) atoms. The van der Waals surface area contributed by atoms with Crippen LogP contribution in [-0.4, -0.2) is 24.2 Å². The summed E-state index contributed by atoms with van der Waals surface area (Å²) in [5, 5.41) is 12.2. The second kappa shape index (κ2) is 5.87. The summed E-state index contributed by atoms with van der Waals surface area (Å²) in [7, 11) is 0. The van der Waals surface area contributed by atoms with Gasteiger partial charge >= 0.3 is 0 Å². The molecule has 2 N–H and O–H groups in total. The molecule has 0 spiro atoms. The van der Waals surface area contributed by atoms with E-state index in [0.717, 1.165) is 5.56 Å². The number of aryl methyl sites for hydroxylation is 1. The lowest BCUT2D eigenvalue weighted by molar-refractivity contribution is 0.0941. The van der Waals surface area contributed by atoms with Crippen LogP contribution < -0.4 is 5.32 Å². The lowest BCUT2D eigenvalue weighted by Crippen LogP contribution is -2.29. The SMILES string of the molecule is Cc1cc(Cl)ccc1C(=O)NCC(C)CO. The van der Waals surface area contributed by atoms with Gasteiger partial charge in [0.05, 0.1) is 0 Å². The standard InChI is InChI=1S/C12H16ClNO2/c1-8(7-15)6-14-12(16)11-4-3-10(13)5-9(11)2/h3-5,8,15H,6-7H2,1-2H3,(H,14,16). The number of benzene rings is 1. The van der Waals surface area contributed by atoms with Gasteiger partial charge in [-0.25, -0.2) is 0 Å². The largest absolute Gasteiger partial charge is 0.396 e. The molecule has 3 nitrogen and oxygen atoms in total. The lowest BCUT2D eigenvalue weighted by Gasteiger charge is -2.11. The molecule has 1 amide bonds. The fourth-order valence-electron chi connectivity index (χ4n) is 1.31. The van der Waals surface area contributed by atoms with Crippen LogP contribution in [0, 0.1) is 12.8 Å². The first kappa shape index (κ1) is 13.0. The number of aliphatic hydroxyl groups excluding tert-OH is 1. The van der Waals surface area contributed by atoms with Crippen LogP contribution >= 0.6 is 11.6 Å². The van der Waals surface area contributed by atoms with Gasteiger partial charge < -0.3 is 10.4 Å². The predicted octanol–water partition coefficient (Wildman–Crippen LogP) is 2.01. The molecule has 1 rings (SSSR count). The van der Waals surface area contributed by atoms with E-state index in [9.17, 15) is 4.79 Å². The van der Waals surface area contributed by atoms with Gasteiger partial charge in [-0.3, -0.25) is 4.79 Å². The monoisotopic (exact) mass is 241 g/mol. The highest BCUT2D eigenvalue weighted by atomic mass is 35.5. The summed E-state index contributed by atoms with van der Waals surface area (Å²) in [6.07, 6.45) is 0. The van der Waals surface area contributed by atoms with E-state index in [-0.39, 0.29) is 18.4 Å². The topological polar surface area (TPSA) is 49.3 Å². The van der Waals surface area contributed by atoms with Crippen molar-refractivity contribution in [3.63, 3.8) is 0 Å². The molecule has 0 heterocycles. The van der Waals surface area contributed by atoms with E-state index in [2.05, 4.69) is 5.32 Å². The highest BCUT2D eigenvalue weighted by Gasteiger charge is 2.09. The van der Waals surface area contributed by atoms with Crippen LogP contribution in [0.2, 0.25) is 5.02 Å². The van der Waals surface area contributed by atoms with Crippen LogP contribution in [-0.2, 0) is 0 Å². The zero-order valence-corrected chi connectivity index (χ0v) is 10.2. The van der Waals surface area contributed by atoms with Gasteiger partial charge in [0.1, 0.15) is 0 Å². The molecule has 0 saturated carbocycles. The summed E-state index contributed by atoms with van der Waals surface area (Å²) in [4.78, 5) is 11.8. The Balaban J connectivity index is 2.66. The Bertz CT molecular complexity index is 379. The average Bonchev–Trinajstić information content (AvgIpc) is 2.25. The average molecular weight is 242 g/mol. The second-order valence-electron chi connectivity index (χ2n) is 3.96. The number of carbonyl (C=O) groups is 1. The Labute approximate surface area is 100 Å². The minimum absolute atomic E-state index is 0.0663. The summed E-state index contributed by atoms with van der Waals surface area (Å²) < 4.78 is 0. The molecule has 0 aliphatic heterocycles. The Morgan fingerprint density at radius 3 is 2.81 bits per heavy atom. The molecule has 1 aromatic carbocycles. The molecular formula is C12H16ClNO2. The molecular weight excluding hydrogens is 226 g/mol. The molecule has 0 aliphatic rings. The van der Waals surface area contributed by atoms with Gasteiger partial charge in [-0.1, -0.05) is 18.5 Å². The van der Waals surface area contributed by atoms with Crippen LogP contribution in [0.3, 0.4) is 0 Å². The highest BCUT2D eigenvalue weighted by Crippen LogP contribution is 2.15. The summed E-state index contributed by atoms with van der Waals surface area (Å²) in [5.41, 5.74) is 1.47. The van der Waals surface area contributed by atoms with Crippen molar-refractivity contribution in [1.82, 2.24) is 5.32 Å². The van der Waals surface area contributed by atoms with Crippen molar-refractivity contribution in [1.29, 1.82) is 0 Å². The van der Waals surface area contributed by atoms with Gasteiger partial charge in [-0.15, -0.1) is 0 Å². The van der Waals surface area contributed by atoms with Crippen LogP contribution in [0.4, 0.5) is 0 Å². The van der Waals surface area contributed by atoms with Crippen molar-refractivity contribution in [2.24, 2.45) is 5.92 Å². The smallest absolute Gasteiger partial charge is 0.251 e. The number of nitrogens with one attached hydrogen (secondary N) is 1. The summed E-state index contributed by atoms with van der Waals surface area (Å²) in [6, 6.07) is 5.15. The third-order valence-corrected chi connectivity index (χ3v) is 2.59. The molecule has 0 bridgehead atoms. The van der Waals surface area contributed by atoms with E-state index in [1.54, 1.807) is 18.2 Å². The third-order valence-electron chi connectivity index (χ3n) is 2.36. The zero-order chi connectivity index (χ0) is 12.1. The van der Waals surface area contributed by atoms with Crippen molar-refractivity contribution in [3.05, 3.63) is 34.3 Å². The van der Waals surface area contributed by atoms with Crippen molar-refractivity contribution in [2.45, 2.75) is 13.8 Å². The third kappa shape index (κ3) is 3.51. The van der Waals surface area contributed by atoms with Gasteiger partial charge in [0.2, 0.25) is 0 Å². The van der Waals surface area contributed by atoms with Crippen LogP contribution in [0.25, 0.3) is 0 Å². The normalized spacial score (nSPS) is 12.2. The minimum Gasteiger partial charge on any atom is -0.396 e. The van der Waals surface area contributed by atoms with E-state index in [1.165, 1.54) is 0 Å². The van der Waals surface area contributed by atoms with Gasteiger partial charge in [0, 0.05) is 23.7 Å². The molecule has 0 fully saturated rings. The van der Waals surface area contributed by atoms with E-state index in [4.69, 9.17) is 16.7 Å². The highest BCUT2D eigenvalue weighted by molar-refractivity contribution is 6.30. The first-order chi connectivity index (χ1) is 7.54. The molecule has 0 saturated heterocycles. The number of hydrogen-bond donors (Lipinski definition) is 2. The maximum absolute atomic E-state index is 11.8. The number of halogens is 1. The van der Waals surface area contributed by atoms with E-state index < -0.39 is 0 Å². The first-order valence-corrected chi connectivity index (χ1v) is 5.57. The predicted molar refractivity (Wildman–Crippen MR) is 64.8 cm³/mol. The van der Waals surface area contributed by atoms with Crippen molar-refractivity contribution in [2.75, 3.05) is 13.2 Å². The molecule has 0 radical (unpaired) electrons. The Morgan fingerprint density at radius 1 is 1.56 bits per heavy atom. The molecule has 4 heteroatoms.